The lowest BCUT2D eigenvalue weighted by Gasteiger charge is -1.93. The Balaban J connectivity index is 1.02. The van der Waals surface area contributed by atoms with Crippen molar-refractivity contribution in [3.63, 3.8) is 0 Å². The molecule has 0 aliphatic carbocycles. The Hall–Kier alpha value is -3.10. The van der Waals surface area contributed by atoms with Crippen LogP contribution in [0.1, 0.15) is 41.8 Å². The zero-order valence-corrected chi connectivity index (χ0v) is 27.7. The van der Waals surface area contributed by atoms with Gasteiger partial charge in [-0.2, -0.15) is 0 Å². The molecule has 0 unspecified atom stereocenters. The molecule has 0 radical (unpaired) electrons. The van der Waals surface area contributed by atoms with Crippen molar-refractivity contribution in [3.8, 4) is 0 Å². The van der Waals surface area contributed by atoms with Gasteiger partial charge in [0.1, 0.15) is 0 Å². The molecule has 0 bridgehead atoms. The molecule has 6 aromatic heterocycles. The van der Waals surface area contributed by atoms with Gasteiger partial charge in [0.2, 0.25) is 0 Å². The minimum absolute atomic E-state index is 1.25. The second-order valence-corrected chi connectivity index (χ2v) is 16.9. The molecular weight excluding hydrogens is 625 g/mol. The maximum Gasteiger partial charge on any atom is 0.0635 e. The smallest absolute Gasteiger partial charge is 0.0635 e. The first-order valence-electron chi connectivity index (χ1n) is 13.6. The molecule has 0 atom stereocenters. The van der Waals surface area contributed by atoms with Crippen molar-refractivity contribution in [2.75, 3.05) is 0 Å². The first-order chi connectivity index (χ1) is 20.5. The van der Waals surface area contributed by atoms with Gasteiger partial charge in [0.15, 0.2) is 0 Å². The fourth-order valence-electron chi connectivity index (χ4n) is 4.95. The van der Waals surface area contributed by atoms with E-state index in [1.807, 2.05) is 68.0 Å². The van der Waals surface area contributed by atoms with Crippen LogP contribution in [0.25, 0.3) is 74.1 Å². The predicted molar refractivity (Wildman–Crippen MR) is 199 cm³/mol. The van der Waals surface area contributed by atoms with Gasteiger partial charge in [0, 0.05) is 38.3 Å². The summed E-state index contributed by atoms with van der Waals surface area (Å²) < 4.78 is 11.3. The second kappa shape index (κ2) is 10.9. The van der Waals surface area contributed by atoms with Crippen molar-refractivity contribution in [2.45, 2.75) is 13.8 Å². The summed E-state index contributed by atoms with van der Waals surface area (Å²) in [7, 11) is 0. The molecule has 42 heavy (non-hydrogen) atoms. The van der Waals surface area contributed by atoms with Crippen molar-refractivity contribution >= 4 is 142 Å². The SMILES string of the molecule is Cc1ccc(/C=C/c2cc3sc4cc(/C=C/c5cc6sc7cc(/C=C/c8ccc(C)cc8)sc7c6s5)sc4c3s2)cc1. The third-order valence-electron chi connectivity index (χ3n) is 7.17. The highest BCUT2D eigenvalue weighted by Crippen LogP contribution is 2.46. The highest BCUT2D eigenvalue weighted by Gasteiger charge is 2.13. The highest BCUT2D eigenvalue weighted by atomic mass is 32.1. The first kappa shape index (κ1) is 26.5. The van der Waals surface area contributed by atoms with E-state index in [2.05, 4.69) is 123 Å². The Morgan fingerprint density at radius 2 is 0.643 bits per heavy atom. The minimum atomic E-state index is 1.25. The van der Waals surface area contributed by atoms with Crippen LogP contribution in [0.4, 0.5) is 0 Å². The summed E-state index contributed by atoms with van der Waals surface area (Å²) in [5.74, 6) is 0. The van der Waals surface area contributed by atoms with Crippen LogP contribution in [0.2, 0.25) is 0 Å². The molecule has 2 aromatic carbocycles. The maximum atomic E-state index is 2.36. The van der Waals surface area contributed by atoms with E-state index in [-0.39, 0.29) is 0 Å². The third kappa shape index (κ3) is 5.17. The Bertz CT molecular complexity index is 2130. The van der Waals surface area contributed by atoms with Crippen LogP contribution in [0.5, 0.6) is 0 Å². The molecule has 0 aliphatic heterocycles. The molecule has 0 fully saturated rings. The monoisotopic (exact) mass is 648 g/mol. The van der Waals surface area contributed by atoms with E-state index in [9.17, 15) is 0 Å². The molecule has 0 aliphatic rings. The van der Waals surface area contributed by atoms with Crippen LogP contribution in [-0.4, -0.2) is 0 Å². The van der Waals surface area contributed by atoms with E-state index in [0.29, 0.717) is 0 Å². The van der Waals surface area contributed by atoms with Gasteiger partial charge in [-0.05, 0) is 73.5 Å². The fourth-order valence-corrected chi connectivity index (χ4v) is 12.6. The van der Waals surface area contributed by atoms with Gasteiger partial charge in [-0.3, -0.25) is 0 Å². The Labute approximate surface area is 268 Å². The maximum absolute atomic E-state index is 2.36. The highest BCUT2D eigenvalue weighted by molar-refractivity contribution is 7.39. The number of hydrogen-bond acceptors (Lipinski definition) is 6. The molecule has 0 nitrogen and oxygen atoms in total. The molecule has 0 spiro atoms. The van der Waals surface area contributed by atoms with Crippen LogP contribution < -0.4 is 0 Å². The molecule has 6 heterocycles. The zero-order chi connectivity index (χ0) is 28.2. The zero-order valence-electron chi connectivity index (χ0n) is 22.8. The molecular formula is C36H24S6. The van der Waals surface area contributed by atoms with Crippen LogP contribution in [-0.2, 0) is 0 Å². The number of aryl methyl sites for hydroxylation is 2. The summed E-state index contributed by atoms with van der Waals surface area (Å²) in [4.78, 5) is 5.28. The van der Waals surface area contributed by atoms with Crippen LogP contribution in [0.3, 0.4) is 0 Å². The molecule has 0 N–H and O–H groups in total. The summed E-state index contributed by atoms with van der Waals surface area (Å²) in [6.45, 7) is 4.26. The van der Waals surface area contributed by atoms with Gasteiger partial charge in [-0.15, -0.1) is 68.0 Å². The Morgan fingerprint density at radius 1 is 0.357 bits per heavy atom. The lowest BCUT2D eigenvalue weighted by molar-refractivity contribution is 1.46. The van der Waals surface area contributed by atoms with Gasteiger partial charge >= 0.3 is 0 Å². The average molecular weight is 649 g/mol. The van der Waals surface area contributed by atoms with Crippen molar-refractivity contribution in [3.05, 3.63) is 115 Å². The number of fused-ring (bicyclic) bond motifs is 6. The normalized spacial score (nSPS) is 12.7. The predicted octanol–water partition coefficient (Wildman–Crippen LogP) is 13.8. The molecule has 0 amide bonds. The van der Waals surface area contributed by atoms with Gasteiger partial charge in [-0.25, -0.2) is 0 Å². The largest absolute Gasteiger partial charge is 0.133 e. The van der Waals surface area contributed by atoms with Gasteiger partial charge in [0.25, 0.3) is 0 Å². The van der Waals surface area contributed by atoms with Crippen molar-refractivity contribution in [2.24, 2.45) is 0 Å². The number of benzene rings is 2. The van der Waals surface area contributed by atoms with Gasteiger partial charge < -0.3 is 0 Å². The topological polar surface area (TPSA) is 0 Å². The summed E-state index contributed by atoms with van der Waals surface area (Å²) >= 11 is 11.5. The van der Waals surface area contributed by atoms with E-state index in [1.165, 1.54) is 79.4 Å². The molecule has 0 saturated carbocycles. The van der Waals surface area contributed by atoms with E-state index in [0.717, 1.165) is 0 Å². The van der Waals surface area contributed by atoms with E-state index < -0.39 is 0 Å². The lowest BCUT2D eigenvalue weighted by atomic mass is 10.1. The molecule has 204 valence electrons. The van der Waals surface area contributed by atoms with E-state index in [1.54, 1.807) is 0 Å². The van der Waals surface area contributed by atoms with Crippen LogP contribution >= 0.6 is 68.0 Å². The van der Waals surface area contributed by atoms with Crippen molar-refractivity contribution in [1.82, 2.24) is 0 Å². The molecule has 6 heteroatoms. The van der Waals surface area contributed by atoms with E-state index >= 15 is 0 Å². The number of hydrogen-bond donors (Lipinski definition) is 0. The minimum Gasteiger partial charge on any atom is -0.133 e. The summed E-state index contributed by atoms with van der Waals surface area (Å²) in [6, 6.07) is 26.8. The van der Waals surface area contributed by atoms with Crippen LogP contribution in [0.15, 0.2) is 72.8 Å². The Kier molecular flexibility index (Phi) is 6.86. The van der Waals surface area contributed by atoms with Gasteiger partial charge in [0.05, 0.1) is 18.8 Å². The Morgan fingerprint density at radius 3 is 0.952 bits per heavy atom. The molecule has 8 rings (SSSR count). The number of thiophene rings is 6. The molecule has 0 saturated heterocycles. The summed E-state index contributed by atoms with van der Waals surface area (Å²) in [5, 5.41) is 0. The lowest BCUT2D eigenvalue weighted by Crippen LogP contribution is -1.72. The molecule has 8 aromatic rings. The quantitative estimate of drug-likeness (QED) is 0.168. The second-order valence-electron chi connectivity index (χ2n) is 10.4. The standard InChI is InChI=1S/C36H24S6/c1-21-3-7-23(8-4-21)11-13-25-17-29-33(37-25)35-31(41-29)19-27(39-35)15-16-28-20-32-36(40-28)34-30(42-32)18-26(38-34)14-12-24-9-5-22(2)6-10-24/h3-20H,1-2H3/b13-11+,14-12+,16-15+. The summed E-state index contributed by atoms with van der Waals surface area (Å²) in [6.07, 6.45) is 13.5. The fraction of sp³-hybridized carbons (Fsp3) is 0.0556. The third-order valence-corrected chi connectivity index (χ3v) is 14.6. The van der Waals surface area contributed by atoms with Crippen molar-refractivity contribution in [1.29, 1.82) is 0 Å². The van der Waals surface area contributed by atoms with Gasteiger partial charge in [-0.1, -0.05) is 71.8 Å². The first-order valence-corrected chi connectivity index (χ1v) is 18.5. The number of rotatable bonds is 6. The average Bonchev–Trinajstić information content (AvgIpc) is 3.80. The van der Waals surface area contributed by atoms with Crippen molar-refractivity contribution < 1.29 is 0 Å². The van der Waals surface area contributed by atoms with E-state index in [4.69, 9.17) is 0 Å². The van der Waals surface area contributed by atoms with Crippen LogP contribution in [0, 0.1) is 13.8 Å². The summed E-state index contributed by atoms with van der Waals surface area (Å²) in [5.41, 5.74) is 5.08.